The Hall–Kier alpha value is -2.39. The van der Waals surface area contributed by atoms with Gasteiger partial charge in [0.25, 0.3) is 0 Å². The maximum absolute atomic E-state index is 13.4. The van der Waals surface area contributed by atoms with E-state index in [0.717, 1.165) is 18.4 Å². The summed E-state index contributed by atoms with van der Waals surface area (Å²) in [6, 6.07) is 1.83. The van der Waals surface area contributed by atoms with Gasteiger partial charge >= 0.3 is 17.9 Å². The molecule has 0 N–H and O–H groups in total. The summed E-state index contributed by atoms with van der Waals surface area (Å²) in [5.74, 6) is -1.09. The number of hydrogen-bond donors (Lipinski definition) is 0. The van der Waals surface area contributed by atoms with Crippen molar-refractivity contribution < 1.29 is 42.5 Å². The van der Waals surface area contributed by atoms with Crippen LogP contribution in [0.25, 0.3) is 0 Å². The summed E-state index contributed by atoms with van der Waals surface area (Å²) in [6.07, 6.45) is 3.28. The van der Waals surface area contributed by atoms with Crippen LogP contribution in [0.15, 0.2) is 23.0 Å². The fraction of sp³-hybridized carbons (Fsp3) is 0.750. The Morgan fingerprint density at radius 1 is 1.08 bits per heavy atom. The van der Waals surface area contributed by atoms with Gasteiger partial charge in [0, 0.05) is 34.7 Å². The molecule has 0 amide bonds. The minimum absolute atomic E-state index is 0.00121. The van der Waals surface area contributed by atoms with Crippen LogP contribution in [-0.2, 0) is 38.1 Å². The van der Waals surface area contributed by atoms with Crippen LogP contribution in [0.1, 0.15) is 72.0 Å². The third-order valence-electron chi connectivity index (χ3n) is 11.3. The normalized spacial score (nSPS) is 50.8. The number of furan rings is 1. The molecular weight excluding hydrogens is 480 g/mol. The highest BCUT2D eigenvalue weighted by molar-refractivity contribution is 5.82. The second kappa shape index (κ2) is 6.97. The van der Waals surface area contributed by atoms with Gasteiger partial charge in [-0.25, -0.2) is 4.79 Å². The predicted molar refractivity (Wildman–Crippen MR) is 125 cm³/mol. The molecule has 2 spiro atoms. The fourth-order valence-corrected chi connectivity index (χ4v) is 9.97. The smallest absolute Gasteiger partial charge is 0.339 e. The highest BCUT2D eigenvalue weighted by atomic mass is 16.7. The molecule has 4 aliphatic heterocycles. The summed E-state index contributed by atoms with van der Waals surface area (Å²) in [4.78, 5) is 38.3. The van der Waals surface area contributed by atoms with E-state index in [1.807, 2.05) is 6.07 Å². The van der Waals surface area contributed by atoms with Crippen LogP contribution in [0.2, 0.25) is 0 Å². The minimum atomic E-state index is -0.918. The van der Waals surface area contributed by atoms with E-state index in [2.05, 4.69) is 27.7 Å². The molecule has 37 heavy (non-hydrogen) atoms. The summed E-state index contributed by atoms with van der Waals surface area (Å²) in [5, 5.41) is 0. The first kappa shape index (κ1) is 23.7. The van der Waals surface area contributed by atoms with Crippen LogP contribution in [0.4, 0.5) is 0 Å². The molecule has 1 aromatic heterocycles. The lowest BCUT2D eigenvalue weighted by Gasteiger charge is -2.67. The van der Waals surface area contributed by atoms with Crippen molar-refractivity contribution in [3.8, 4) is 0 Å². The number of carbonyl (C=O) groups excluding carboxylic acids is 3. The van der Waals surface area contributed by atoms with Gasteiger partial charge in [0.15, 0.2) is 6.10 Å². The topological polar surface area (TPSA) is 114 Å². The van der Waals surface area contributed by atoms with Gasteiger partial charge in [0.1, 0.15) is 24.4 Å². The van der Waals surface area contributed by atoms with Crippen molar-refractivity contribution in [1.82, 2.24) is 0 Å². The average Bonchev–Trinajstić information content (AvgIpc) is 3.30. The monoisotopic (exact) mass is 514 g/mol. The SMILES string of the molecule is CC(=O)OC1CC2C(C)(C)OC3CC(=O)OCC32C2CCC3(C)C(c4ccoc4)OC(=O)C4OC43C12C. The first-order chi connectivity index (χ1) is 17.4. The van der Waals surface area contributed by atoms with Crippen LogP contribution in [0.5, 0.6) is 0 Å². The largest absolute Gasteiger partial charge is 0.472 e. The van der Waals surface area contributed by atoms with E-state index >= 15 is 0 Å². The standard InChI is InChI=1S/C28H34O9/c1-14(29)34-18-10-17-24(2,3)36-19-11-20(30)33-13-27(17,19)16-6-8-25(4)21(15-7-9-32-12-15)35-23(31)22-28(25,37-22)26(16,18)5/h7,9,12,16-19,21-22H,6,8,10-11,13H2,1-5H3. The number of fused-ring (bicyclic) bond motifs is 1. The molecule has 0 bridgehead atoms. The second-order valence-corrected chi connectivity index (χ2v) is 13.0. The zero-order valence-electron chi connectivity index (χ0n) is 21.9. The zero-order chi connectivity index (χ0) is 26.2. The first-order valence-electron chi connectivity index (χ1n) is 13.3. The summed E-state index contributed by atoms with van der Waals surface area (Å²) in [6.45, 7) is 10.1. The number of rotatable bonds is 2. The van der Waals surface area contributed by atoms with Crippen molar-refractivity contribution in [2.45, 2.75) is 95.9 Å². The van der Waals surface area contributed by atoms with Crippen molar-refractivity contribution in [2.24, 2.45) is 28.1 Å². The van der Waals surface area contributed by atoms with E-state index in [4.69, 9.17) is 28.1 Å². The molecule has 2 saturated carbocycles. The Morgan fingerprint density at radius 2 is 1.86 bits per heavy atom. The summed E-state index contributed by atoms with van der Waals surface area (Å²) < 4.78 is 36.5. The van der Waals surface area contributed by atoms with E-state index in [9.17, 15) is 14.4 Å². The molecule has 4 saturated heterocycles. The van der Waals surface area contributed by atoms with Gasteiger partial charge in [-0.3, -0.25) is 9.59 Å². The Labute approximate surface area is 215 Å². The van der Waals surface area contributed by atoms with Gasteiger partial charge in [-0.1, -0.05) is 13.8 Å². The average molecular weight is 515 g/mol. The van der Waals surface area contributed by atoms with Crippen molar-refractivity contribution >= 4 is 17.9 Å². The number of ether oxygens (including phenoxy) is 5. The molecule has 10 atom stereocenters. The fourth-order valence-electron chi connectivity index (χ4n) is 9.97. The Balaban J connectivity index is 1.43. The van der Waals surface area contributed by atoms with Gasteiger partial charge in [0.2, 0.25) is 0 Å². The molecule has 9 nitrogen and oxygen atoms in total. The minimum Gasteiger partial charge on any atom is -0.472 e. The predicted octanol–water partition coefficient (Wildman–Crippen LogP) is 3.50. The highest BCUT2D eigenvalue weighted by Crippen LogP contribution is 2.80. The van der Waals surface area contributed by atoms with E-state index in [1.54, 1.807) is 12.5 Å². The Morgan fingerprint density at radius 3 is 2.57 bits per heavy atom. The van der Waals surface area contributed by atoms with Crippen LogP contribution in [0, 0.1) is 28.1 Å². The van der Waals surface area contributed by atoms with Crippen molar-refractivity contribution in [2.75, 3.05) is 6.61 Å². The molecule has 7 rings (SSSR count). The Bertz CT molecular complexity index is 1190. The lowest BCUT2D eigenvalue weighted by molar-refractivity contribution is -0.265. The highest BCUT2D eigenvalue weighted by Gasteiger charge is 2.90. The molecule has 5 heterocycles. The lowest BCUT2D eigenvalue weighted by Crippen LogP contribution is -2.74. The molecule has 1 aromatic rings. The van der Waals surface area contributed by atoms with E-state index in [1.165, 1.54) is 6.92 Å². The Kier molecular flexibility index (Phi) is 4.47. The number of cyclic esters (lactones) is 2. The van der Waals surface area contributed by atoms with Crippen LogP contribution >= 0.6 is 0 Å². The van der Waals surface area contributed by atoms with Crippen LogP contribution in [-0.4, -0.2) is 54.0 Å². The molecule has 2 aliphatic carbocycles. The number of epoxide rings is 1. The zero-order valence-corrected chi connectivity index (χ0v) is 21.9. The van der Waals surface area contributed by atoms with E-state index < -0.39 is 51.7 Å². The summed E-state index contributed by atoms with van der Waals surface area (Å²) >= 11 is 0. The maximum atomic E-state index is 13.4. The molecule has 6 aliphatic rings. The van der Waals surface area contributed by atoms with Gasteiger partial charge < -0.3 is 28.1 Å². The third-order valence-corrected chi connectivity index (χ3v) is 11.3. The number of hydrogen-bond acceptors (Lipinski definition) is 9. The molecule has 200 valence electrons. The molecule has 0 aromatic carbocycles. The number of carbonyl (C=O) groups is 3. The molecule has 6 fully saturated rings. The molecule has 9 heteroatoms. The number of esters is 3. The van der Waals surface area contributed by atoms with Crippen LogP contribution in [0.3, 0.4) is 0 Å². The van der Waals surface area contributed by atoms with Crippen molar-refractivity contribution in [3.63, 3.8) is 0 Å². The van der Waals surface area contributed by atoms with Gasteiger partial charge in [-0.2, -0.15) is 0 Å². The lowest BCUT2D eigenvalue weighted by atomic mass is 9.36. The van der Waals surface area contributed by atoms with Crippen LogP contribution < -0.4 is 0 Å². The van der Waals surface area contributed by atoms with E-state index in [-0.39, 0.29) is 42.9 Å². The van der Waals surface area contributed by atoms with Gasteiger partial charge in [0.05, 0.1) is 30.7 Å². The molecule has 0 radical (unpaired) electrons. The third kappa shape index (κ3) is 2.56. The maximum Gasteiger partial charge on any atom is 0.339 e. The van der Waals surface area contributed by atoms with Crippen molar-refractivity contribution in [3.05, 3.63) is 24.2 Å². The summed E-state index contributed by atoms with van der Waals surface area (Å²) in [5.41, 5.74) is -2.47. The van der Waals surface area contributed by atoms with Crippen molar-refractivity contribution in [1.29, 1.82) is 0 Å². The van der Waals surface area contributed by atoms with E-state index in [0.29, 0.717) is 6.42 Å². The second-order valence-electron chi connectivity index (χ2n) is 13.0. The molecular formula is C28H34O9. The van der Waals surface area contributed by atoms with Gasteiger partial charge in [-0.15, -0.1) is 0 Å². The quantitative estimate of drug-likeness (QED) is 0.332. The molecule has 10 unspecified atom stereocenters. The summed E-state index contributed by atoms with van der Waals surface area (Å²) in [7, 11) is 0. The van der Waals surface area contributed by atoms with Gasteiger partial charge in [-0.05, 0) is 45.1 Å². The first-order valence-corrected chi connectivity index (χ1v) is 13.3.